The zero-order valence-electron chi connectivity index (χ0n) is 13.8. The van der Waals surface area contributed by atoms with E-state index in [1.807, 2.05) is 62.6 Å². The SMILES string of the molecule is CN(C)c1ccc(Sc2ccccc2)cc1N=Nc1ccccc1. The molecule has 0 saturated heterocycles. The zero-order chi connectivity index (χ0) is 16.8. The second kappa shape index (κ2) is 7.79. The molecule has 0 heterocycles. The van der Waals surface area contributed by atoms with Crippen LogP contribution < -0.4 is 4.90 Å². The van der Waals surface area contributed by atoms with E-state index in [4.69, 9.17) is 0 Å². The Balaban J connectivity index is 1.90. The van der Waals surface area contributed by atoms with Crippen molar-refractivity contribution in [2.75, 3.05) is 19.0 Å². The van der Waals surface area contributed by atoms with Crippen molar-refractivity contribution in [2.24, 2.45) is 10.2 Å². The summed E-state index contributed by atoms with van der Waals surface area (Å²) < 4.78 is 0. The summed E-state index contributed by atoms with van der Waals surface area (Å²) in [5.74, 6) is 0. The molecule has 0 unspecified atom stereocenters. The third-order valence-corrected chi connectivity index (χ3v) is 4.43. The lowest BCUT2D eigenvalue weighted by Crippen LogP contribution is -2.08. The largest absolute Gasteiger partial charge is 0.376 e. The van der Waals surface area contributed by atoms with Crippen LogP contribution in [-0.2, 0) is 0 Å². The maximum atomic E-state index is 4.47. The number of hydrogen-bond acceptors (Lipinski definition) is 4. The van der Waals surface area contributed by atoms with Gasteiger partial charge in [0.1, 0.15) is 5.69 Å². The molecule has 0 saturated carbocycles. The first-order valence-corrected chi connectivity index (χ1v) is 8.55. The van der Waals surface area contributed by atoms with Gasteiger partial charge in [-0.05, 0) is 42.5 Å². The molecule has 3 aromatic carbocycles. The number of anilines is 1. The second-order valence-electron chi connectivity index (χ2n) is 5.50. The summed E-state index contributed by atoms with van der Waals surface area (Å²) in [7, 11) is 4.03. The fourth-order valence-electron chi connectivity index (χ4n) is 2.26. The minimum absolute atomic E-state index is 0.850. The predicted molar refractivity (Wildman–Crippen MR) is 102 cm³/mol. The molecule has 0 aromatic heterocycles. The molecule has 3 rings (SSSR count). The first-order valence-electron chi connectivity index (χ1n) is 7.73. The van der Waals surface area contributed by atoms with E-state index in [9.17, 15) is 0 Å². The minimum Gasteiger partial charge on any atom is -0.376 e. The molecular formula is C20H19N3S. The molecule has 3 nitrogen and oxygen atoms in total. The van der Waals surface area contributed by atoms with Crippen LogP contribution in [0.5, 0.6) is 0 Å². The van der Waals surface area contributed by atoms with E-state index < -0.39 is 0 Å². The average molecular weight is 333 g/mol. The van der Waals surface area contributed by atoms with Crippen LogP contribution in [-0.4, -0.2) is 14.1 Å². The number of hydrogen-bond donors (Lipinski definition) is 0. The lowest BCUT2D eigenvalue weighted by molar-refractivity contribution is 1.10. The number of azo groups is 1. The van der Waals surface area contributed by atoms with Gasteiger partial charge in [-0.2, -0.15) is 5.11 Å². The molecule has 4 heteroatoms. The molecule has 0 radical (unpaired) electrons. The second-order valence-corrected chi connectivity index (χ2v) is 6.64. The maximum absolute atomic E-state index is 4.47. The number of rotatable bonds is 5. The fraction of sp³-hybridized carbons (Fsp3) is 0.100. The van der Waals surface area contributed by atoms with E-state index in [-0.39, 0.29) is 0 Å². The van der Waals surface area contributed by atoms with Crippen molar-refractivity contribution in [2.45, 2.75) is 9.79 Å². The van der Waals surface area contributed by atoms with E-state index >= 15 is 0 Å². The molecule has 24 heavy (non-hydrogen) atoms. The Bertz CT molecular complexity index is 815. The van der Waals surface area contributed by atoms with E-state index in [2.05, 4.69) is 45.5 Å². The van der Waals surface area contributed by atoms with Crippen LogP contribution >= 0.6 is 11.8 Å². The van der Waals surface area contributed by atoms with Crippen molar-refractivity contribution in [3.63, 3.8) is 0 Å². The van der Waals surface area contributed by atoms with Crippen molar-refractivity contribution in [3.8, 4) is 0 Å². The molecule has 0 fully saturated rings. The van der Waals surface area contributed by atoms with Crippen LogP contribution in [0.1, 0.15) is 0 Å². The topological polar surface area (TPSA) is 28.0 Å². The third kappa shape index (κ3) is 4.24. The van der Waals surface area contributed by atoms with Gasteiger partial charge in [0.05, 0.1) is 11.4 Å². The van der Waals surface area contributed by atoms with Crippen LogP contribution in [0.3, 0.4) is 0 Å². The van der Waals surface area contributed by atoms with Gasteiger partial charge in [0.25, 0.3) is 0 Å². The molecule has 0 atom stereocenters. The fourth-order valence-corrected chi connectivity index (χ4v) is 3.13. The molecular weight excluding hydrogens is 314 g/mol. The first-order chi connectivity index (χ1) is 11.7. The van der Waals surface area contributed by atoms with Gasteiger partial charge < -0.3 is 4.90 Å². The lowest BCUT2D eigenvalue weighted by atomic mass is 10.2. The molecule has 0 spiro atoms. The van der Waals surface area contributed by atoms with Crippen LogP contribution in [0.4, 0.5) is 17.1 Å². The highest BCUT2D eigenvalue weighted by Gasteiger charge is 2.07. The first kappa shape index (κ1) is 16.3. The van der Waals surface area contributed by atoms with Gasteiger partial charge in [0.15, 0.2) is 0 Å². The number of nitrogens with zero attached hydrogens (tertiary/aromatic N) is 3. The Morgan fingerprint density at radius 3 is 2.04 bits per heavy atom. The Morgan fingerprint density at radius 2 is 1.38 bits per heavy atom. The summed E-state index contributed by atoms with van der Waals surface area (Å²) in [6.07, 6.45) is 0. The van der Waals surface area contributed by atoms with Gasteiger partial charge >= 0.3 is 0 Å². The quantitative estimate of drug-likeness (QED) is 0.511. The van der Waals surface area contributed by atoms with Crippen LogP contribution in [0.15, 0.2) is 98.9 Å². The molecule has 0 aliphatic carbocycles. The smallest absolute Gasteiger partial charge is 0.110 e. The lowest BCUT2D eigenvalue weighted by Gasteiger charge is -2.15. The average Bonchev–Trinajstić information content (AvgIpc) is 2.61. The van der Waals surface area contributed by atoms with Crippen LogP contribution in [0.25, 0.3) is 0 Å². The highest BCUT2D eigenvalue weighted by Crippen LogP contribution is 2.36. The Morgan fingerprint density at radius 1 is 0.708 bits per heavy atom. The Hall–Kier alpha value is -2.59. The number of benzene rings is 3. The Labute approximate surface area is 147 Å². The molecule has 0 aliphatic rings. The summed E-state index contributed by atoms with van der Waals surface area (Å²) in [5, 5.41) is 8.83. The van der Waals surface area contributed by atoms with Gasteiger partial charge in [-0.3, -0.25) is 0 Å². The van der Waals surface area contributed by atoms with E-state index in [0.29, 0.717) is 0 Å². The van der Waals surface area contributed by atoms with Crippen molar-refractivity contribution < 1.29 is 0 Å². The minimum atomic E-state index is 0.850. The van der Waals surface area contributed by atoms with Gasteiger partial charge in [-0.25, -0.2) is 0 Å². The summed E-state index contributed by atoms with van der Waals surface area (Å²) >= 11 is 1.72. The van der Waals surface area contributed by atoms with Crippen molar-refractivity contribution in [1.82, 2.24) is 0 Å². The molecule has 0 aliphatic heterocycles. The Kier molecular flexibility index (Phi) is 5.29. The summed E-state index contributed by atoms with van der Waals surface area (Å²) in [4.78, 5) is 4.41. The maximum Gasteiger partial charge on any atom is 0.110 e. The van der Waals surface area contributed by atoms with E-state index in [1.165, 1.54) is 4.90 Å². The normalized spacial score (nSPS) is 10.9. The third-order valence-electron chi connectivity index (χ3n) is 3.44. The molecule has 0 bridgehead atoms. The standard InChI is InChI=1S/C20H19N3S/c1-23(2)20-14-13-18(24-17-11-7-4-8-12-17)15-19(20)22-21-16-9-5-3-6-10-16/h3-15H,1-2H3. The van der Waals surface area contributed by atoms with Crippen LogP contribution in [0.2, 0.25) is 0 Å². The van der Waals surface area contributed by atoms with Gasteiger partial charge in [0, 0.05) is 23.9 Å². The summed E-state index contributed by atoms with van der Waals surface area (Å²) in [6.45, 7) is 0. The van der Waals surface area contributed by atoms with Gasteiger partial charge in [0.2, 0.25) is 0 Å². The van der Waals surface area contributed by atoms with Gasteiger partial charge in [-0.15, -0.1) is 5.11 Å². The van der Waals surface area contributed by atoms with Crippen molar-refractivity contribution in [1.29, 1.82) is 0 Å². The highest BCUT2D eigenvalue weighted by molar-refractivity contribution is 7.99. The summed E-state index contributed by atoms with van der Waals surface area (Å²) in [5.41, 5.74) is 2.76. The van der Waals surface area contributed by atoms with Crippen molar-refractivity contribution >= 4 is 28.8 Å². The molecule has 120 valence electrons. The highest BCUT2D eigenvalue weighted by atomic mass is 32.2. The predicted octanol–water partition coefficient (Wildman–Crippen LogP) is 6.32. The van der Waals surface area contributed by atoms with E-state index in [0.717, 1.165) is 22.0 Å². The molecule has 0 amide bonds. The van der Waals surface area contributed by atoms with Crippen LogP contribution in [0, 0.1) is 0 Å². The molecule has 0 N–H and O–H groups in total. The van der Waals surface area contributed by atoms with Gasteiger partial charge in [-0.1, -0.05) is 48.2 Å². The van der Waals surface area contributed by atoms with Crippen molar-refractivity contribution in [3.05, 3.63) is 78.9 Å². The monoisotopic (exact) mass is 333 g/mol. The molecule has 3 aromatic rings. The van der Waals surface area contributed by atoms with E-state index in [1.54, 1.807) is 11.8 Å². The summed E-state index contributed by atoms with van der Waals surface area (Å²) in [6, 6.07) is 26.4. The zero-order valence-corrected chi connectivity index (χ0v) is 14.6.